The zero-order valence-corrected chi connectivity index (χ0v) is 24.0. The van der Waals surface area contributed by atoms with Crippen LogP contribution < -0.4 is 18.9 Å². The van der Waals surface area contributed by atoms with Gasteiger partial charge in [-0.1, -0.05) is 68.9 Å². The van der Waals surface area contributed by atoms with E-state index in [0.717, 1.165) is 65.0 Å². The molecule has 0 bridgehead atoms. The highest BCUT2D eigenvalue weighted by molar-refractivity contribution is 6.01. The number of aliphatic imine (C=N–C) groups is 2. The second-order valence-corrected chi connectivity index (χ2v) is 11.3. The number of methoxy groups -OCH3 is 1. The van der Waals surface area contributed by atoms with Gasteiger partial charge in [-0.05, 0) is 61.1 Å². The number of rotatable bonds is 9. The van der Waals surface area contributed by atoms with Gasteiger partial charge in [-0.15, -0.1) is 0 Å². The highest BCUT2D eigenvalue weighted by atomic mass is 16.7. The van der Waals surface area contributed by atoms with E-state index >= 15 is 0 Å². The fourth-order valence-electron chi connectivity index (χ4n) is 6.11. The summed E-state index contributed by atoms with van der Waals surface area (Å²) in [6, 6.07) is 19.1. The molecule has 0 spiro atoms. The van der Waals surface area contributed by atoms with Crippen molar-refractivity contribution in [3.63, 3.8) is 0 Å². The molecule has 1 heterocycles. The van der Waals surface area contributed by atoms with Gasteiger partial charge in [0, 0.05) is 41.2 Å². The molecule has 0 N–H and O–H groups in total. The van der Waals surface area contributed by atoms with E-state index in [2.05, 4.69) is 24.3 Å². The van der Waals surface area contributed by atoms with E-state index in [9.17, 15) is 0 Å². The van der Waals surface area contributed by atoms with Crippen LogP contribution in [0.5, 0.6) is 23.0 Å². The van der Waals surface area contributed by atoms with Crippen molar-refractivity contribution < 1.29 is 18.9 Å². The van der Waals surface area contributed by atoms with Crippen LogP contribution >= 0.6 is 0 Å². The standard InChI is InChI=1S/C35H40N2O4/c1-38-32-19-27(22-37-29-15-9-4-10-16-29)30(20-33(32)39-23-25-11-5-2-6-12-25)34-26(17-18-31-35(34)41-24-40-31)21-36-28-13-7-3-8-14-28/h2,5-6,11-12,17-22,28-29H,3-4,7-10,13-16,23-24H2,1H3. The summed E-state index contributed by atoms with van der Waals surface area (Å²) < 4.78 is 24.1. The first-order valence-electron chi connectivity index (χ1n) is 15.2. The summed E-state index contributed by atoms with van der Waals surface area (Å²) in [6.07, 6.45) is 16.2. The minimum Gasteiger partial charge on any atom is -0.493 e. The van der Waals surface area contributed by atoms with Gasteiger partial charge in [-0.25, -0.2) is 0 Å². The van der Waals surface area contributed by atoms with E-state index < -0.39 is 0 Å². The summed E-state index contributed by atoms with van der Waals surface area (Å²) in [6.45, 7) is 0.638. The lowest BCUT2D eigenvalue weighted by Crippen LogP contribution is -2.10. The Hall–Kier alpha value is -3.80. The number of hydrogen-bond donors (Lipinski definition) is 0. The molecule has 3 aromatic carbocycles. The van der Waals surface area contributed by atoms with Crippen molar-refractivity contribution in [3.8, 4) is 34.1 Å². The molecule has 6 rings (SSSR count). The third kappa shape index (κ3) is 6.58. The highest BCUT2D eigenvalue weighted by Crippen LogP contribution is 2.46. The zero-order valence-electron chi connectivity index (χ0n) is 24.0. The van der Waals surface area contributed by atoms with Crippen LogP contribution in [0.15, 0.2) is 64.6 Å². The molecule has 0 radical (unpaired) electrons. The van der Waals surface area contributed by atoms with E-state index in [1.54, 1.807) is 7.11 Å². The fourth-order valence-corrected chi connectivity index (χ4v) is 6.11. The summed E-state index contributed by atoms with van der Waals surface area (Å²) in [5.41, 5.74) is 5.00. The minimum absolute atomic E-state index is 0.199. The third-order valence-corrected chi connectivity index (χ3v) is 8.41. The molecule has 6 heteroatoms. The number of fused-ring (bicyclic) bond motifs is 1. The Bertz CT molecular complexity index is 1370. The fraction of sp³-hybridized carbons (Fsp3) is 0.429. The van der Waals surface area contributed by atoms with Crippen molar-refractivity contribution in [2.75, 3.05) is 13.9 Å². The summed E-state index contributed by atoms with van der Waals surface area (Å²) in [7, 11) is 1.69. The van der Waals surface area contributed by atoms with E-state index in [0.29, 0.717) is 30.2 Å². The zero-order chi connectivity index (χ0) is 27.9. The first kappa shape index (κ1) is 27.4. The first-order chi connectivity index (χ1) is 20.3. The van der Waals surface area contributed by atoms with Crippen LogP contribution in [-0.2, 0) is 6.61 Å². The summed E-state index contributed by atoms with van der Waals surface area (Å²) in [5.74, 6) is 2.83. The molecular weight excluding hydrogens is 512 g/mol. The molecule has 0 unspecified atom stereocenters. The smallest absolute Gasteiger partial charge is 0.231 e. The van der Waals surface area contributed by atoms with E-state index in [4.69, 9.17) is 28.9 Å². The predicted molar refractivity (Wildman–Crippen MR) is 164 cm³/mol. The number of nitrogens with zero attached hydrogens (tertiary/aromatic N) is 2. The molecule has 2 saturated carbocycles. The number of hydrogen-bond acceptors (Lipinski definition) is 6. The Morgan fingerprint density at radius 2 is 1.44 bits per heavy atom. The van der Waals surface area contributed by atoms with Gasteiger partial charge in [0.1, 0.15) is 6.61 Å². The average molecular weight is 553 g/mol. The SMILES string of the molecule is COc1cc(C=NC2CCCCC2)c(-c2c(C=NC3CCCCC3)ccc3c2OCO3)cc1OCc1ccccc1. The molecule has 0 amide bonds. The maximum Gasteiger partial charge on any atom is 0.231 e. The van der Waals surface area contributed by atoms with Gasteiger partial charge < -0.3 is 18.9 Å². The van der Waals surface area contributed by atoms with Crippen LogP contribution in [-0.4, -0.2) is 38.4 Å². The lowest BCUT2D eigenvalue weighted by Gasteiger charge is -2.20. The molecule has 214 valence electrons. The third-order valence-electron chi connectivity index (χ3n) is 8.41. The van der Waals surface area contributed by atoms with Crippen LogP contribution in [0.2, 0.25) is 0 Å². The largest absolute Gasteiger partial charge is 0.493 e. The van der Waals surface area contributed by atoms with E-state index in [1.165, 1.54) is 38.5 Å². The van der Waals surface area contributed by atoms with Crippen molar-refractivity contribution in [1.29, 1.82) is 0 Å². The molecule has 3 aromatic rings. The number of ether oxygens (including phenoxy) is 4. The molecular formula is C35H40N2O4. The van der Waals surface area contributed by atoms with Gasteiger partial charge in [0.15, 0.2) is 23.0 Å². The first-order valence-corrected chi connectivity index (χ1v) is 15.2. The monoisotopic (exact) mass is 552 g/mol. The Morgan fingerprint density at radius 1 is 0.756 bits per heavy atom. The van der Waals surface area contributed by atoms with Crippen molar-refractivity contribution in [3.05, 3.63) is 71.3 Å². The van der Waals surface area contributed by atoms with E-state index in [1.807, 2.05) is 42.8 Å². The Labute approximate surface area is 243 Å². The van der Waals surface area contributed by atoms with Gasteiger partial charge in [0.25, 0.3) is 0 Å². The minimum atomic E-state index is 0.199. The van der Waals surface area contributed by atoms with Gasteiger partial charge in [-0.2, -0.15) is 0 Å². The molecule has 1 aliphatic heterocycles. The second-order valence-electron chi connectivity index (χ2n) is 11.3. The molecule has 2 aliphatic carbocycles. The van der Waals surface area contributed by atoms with Gasteiger partial charge in [0.05, 0.1) is 7.11 Å². The summed E-state index contributed by atoms with van der Waals surface area (Å²) in [5, 5.41) is 0. The normalized spacial score (nSPS) is 17.9. The van der Waals surface area contributed by atoms with E-state index in [-0.39, 0.29) is 6.79 Å². The van der Waals surface area contributed by atoms with Gasteiger partial charge in [-0.3, -0.25) is 9.98 Å². The highest BCUT2D eigenvalue weighted by Gasteiger charge is 2.25. The Balaban J connectivity index is 1.44. The van der Waals surface area contributed by atoms with Crippen molar-refractivity contribution in [2.24, 2.45) is 9.98 Å². The van der Waals surface area contributed by atoms with Crippen LogP contribution in [0.4, 0.5) is 0 Å². The second kappa shape index (κ2) is 13.2. The van der Waals surface area contributed by atoms with Crippen molar-refractivity contribution in [2.45, 2.75) is 82.9 Å². The summed E-state index contributed by atoms with van der Waals surface area (Å²) in [4.78, 5) is 10.1. The van der Waals surface area contributed by atoms with Gasteiger partial charge >= 0.3 is 0 Å². The Kier molecular flexibility index (Phi) is 8.84. The molecule has 41 heavy (non-hydrogen) atoms. The molecule has 3 aliphatic rings. The Morgan fingerprint density at radius 3 is 2.12 bits per heavy atom. The molecule has 6 nitrogen and oxygen atoms in total. The molecule has 0 aromatic heterocycles. The molecule has 2 fully saturated rings. The van der Waals surface area contributed by atoms with Crippen LogP contribution in [0.25, 0.3) is 11.1 Å². The maximum absolute atomic E-state index is 6.36. The van der Waals surface area contributed by atoms with Crippen LogP contribution in [0, 0.1) is 0 Å². The van der Waals surface area contributed by atoms with Gasteiger partial charge in [0.2, 0.25) is 6.79 Å². The predicted octanol–water partition coefficient (Wildman–Crippen LogP) is 8.17. The van der Waals surface area contributed by atoms with Crippen molar-refractivity contribution in [1.82, 2.24) is 0 Å². The number of benzene rings is 3. The lowest BCUT2D eigenvalue weighted by molar-refractivity contribution is 0.174. The van der Waals surface area contributed by atoms with Crippen LogP contribution in [0.3, 0.4) is 0 Å². The quantitative estimate of drug-likeness (QED) is 0.251. The van der Waals surface area contributed by atoms with Crippen LogP contribution in [0.1, 0.15) is 80.9 Å². The molecule has 0 atom stereocenters. The lowest BCUT2D eigenvalue weighted by atomic mass is 9.93. The average Bonchev–Trinajstić information content (AvgIpc) is 3.52. The maximum atomic E-state index is 6.36. The van der Waals surface area contributed by atoms with Crippen molar-refractivity contribution >= 4 is 12.4 Å². The topological polar surface area (TPSA) is 61.6 Å². The summed E-state index contributed by atoms with van der Waals surface area (Å²) >= 11 is 0. The molecule has 0 saturated heterocycles.